The van der Waals surface area contributed by atoms with Gasteiger partial charge >= 0.3 is 0 Å². The maximum Gasteiger partial charge on any atom is 0.258 e. The molecule has 0 aliphatic heterocycles. The van der Waals surface area contributed by atoms with Crippen molar-refractivity contribution >= 4 is 23.2 Å². The molecule has 0 atom stereocenters. The molecule has 2 aromatic rings. The molecule has 0 saturated carbocycles. The number of carbonyl (C=O) groups excluding carboxylic acids is 2. The van der Waals surface area contributed by atoms with Crippen LogP contribution in [0.25, 0.3) is 0 Å². The number of carbonyl (C=O) groups is 2. The first-order valence-electron chi connectivity index (χ1n) is 6.26. The average molecular weight is 287 g/mol. The van der Waals surface area contributed by atoms with Crippen molar-refractivity contribution < 1.29 is 14.0 Å². The molecule has 2 rings (SSSR count). The van der Waals surface area contributed by atoms with Crippen molar-refractivity contribution in [2.45, 2.75) is 0 Å². The van der Waals surface area contributed by atoms with Crippen LogP contribution in [0.4, 0.5) is 15.8 Å². The van der Waals surface area contributed by atoms with Gasteiger partial charge in [-0.2, -0.15) is 0 Å². The molecule has 0 fully saturated rings. The van der Waals surface area contributed by atoms with E-state index in [9.17, 15) is 14.0 Å². The van der Waals surface area contributed by atoms with Crippen LogP contribution in [0, 0.1) is 5.82 Å². The molecule has 6 heteroatoms. The zero-order valence-electron chi connectivity index (χ0n) is 11.1. The number of anilines is 2. The Kier molecular flexibility index (Phi) is 4.63. The summed E-state index contributed by atoms with van der Waals surface area (Å²) in [5.74, 6) is -1.59. The normalized spacial score (nSPS) is 10.0. The maximum absolute atomic E-state index is 13.6. The maximum atomic E-state index is 13.6. The van der Waals surface area contributed by atoms with Gasteiger partial charge in [0, 0.05) is 0 Å². The van der Waals surface area contributed by atoms with E-state index >= 15 is 0 Å². The standard InChI is InChI=1S/C15H14FN3O2/c16-11-6-2-1-5-10(11)15(21)19-13-8-4-3-7-12(13)18-14(20)9-17/h1-8H,9,17H2,(H,18,20)(H,19,21). The lowest BCUT2D eigenvalue weighted by Crippen LogP contribution is -2.23. The molecule has 0 spiro atoms. The average Bonchev–Trinajstić information content (AvgIpc) is 2.49. The minimum absolute atomic E-state index is 0.0718. The molecule has 0 aliphatic rings. The van der Waals surface area contributed by atoms with E-state index in [1.54, 1.807) is 30.3 Å². The van der Waals surface area contributed by atoms with Gasteiger partial charge in [0.1, 0.15) is 5.82 Å². The van der Waals surface area contributed by atoms with Crippen molar-refractivity contribution in [1.82, 2.24) is 0 Å². The molecular formula is C15H14FN3O2. The molecular weight excluding hydrogens is 273 g/mol. The molecule has 0 radical (unpaired) electrons. The predicted octanol–water partition coefficient (Wildman–Crippen LogP) is 1.98. The van der Waals surface area contributed by atoms with Crippen LogP contribution in [0.2, 0.25) is 0 Å². The highest BCUT2D eigenvalue weighted by atomic mass is 19.1. The van der Waals surface area contributed by atoms with Crippen LogP contribution in [0.5, 0.6) is 0 Å². The van der Waals surface area contributed by atoms with Crippen molar-refractivity contribution in [3.63, 3.8) is 0 Å². The topological polar surface area (TPSA) is 84.2 Å². The summed E-state index contributed by atoms with van der Waals surface area (Å²) in [7, 11) is 0. The van der Waals surface area contributed by atoms with Gasteiger partial charge < -0.3 is 16.4 Å². The van der Waals surface area contributed by atoms with Gasteiger partial charge in [0.05, 0.1) is 23.5 Å². The van der Waals surface area contributed by atoms with Crippen LogP contribution in [0.3, 0.4) is 0 Å². The Bertz CT molecular complexity index is 673. The summed E-state index contributed by atoms with van der Waals surface area (Å²) in [6.45, 7) is -0.171. The van der Waals surface area contributed by atoms with Gasteiger partial charge in [-0.25, -0.2) is 4.39 Å². The van der Waals surface area contributed by atoms with Crippen molar-refractivity contribution in [2.24, 2.45) is 5.73 Å². The van der Waals surface area contributed by atoms with Crippen molar-refractivity contribution in [3.8, 4) is 0 Å². The summed E-state index contributed by atoms with van der Waals surface area (Å²) in [5.41, 5.74) is 5.93. The number of nitrogens with one attached hydrogen (secondary N) is 2. The molecule has 4 N–H and O–H groups in total. The third-order valence-corrected chi connectivity index (χ3v) is 2.75. The zero-order valence-corrected chi connectivity index (χ0v) is 11.1. The molecule has 21 heavy (non-hydrogen) atoms. The van der Waals surface area contributed by atoms with Crippen LogP contribution < -0.4 is 16.4 Å². The molecule has 2 aromatic carbocycles. The Labute approximate surface area is 121 Å². The number of hydrogen-bond donors (Lipinski definition) is 3. The van der Waals surface area contributed by atoms with Gasteiger partial charge in [-0.1, -0.05) is 24.3 Å². The number of rotatable bonds is 4. The lowest BCUT2D eigenvalue weighted by molar-refractivity contribution is -0.114. The van der Waals surface area contributed by atoms with E-state index in [0.717, 1.165) is 0 Å². The summed E-state index contributed by atoms with van der Waals surface area (Å²) >= 11 is 0. The minimum atomic E-state index is -0.613. The van der Waals surface area contributed by atoms with Gasteiger partial charge in [-0.05, 0) is 24.3 Å². The smallest absolute Gasteiger partial charge is 0.258 e. The van der Waals surface area contributed by atoms with Gasteiger partial charge in [-0.3, -0.25) is 9.59 Å². The summed E-state index contributed by atoms with van der Waals surface area (Å²) in [5, 5.41) is 5.12. The summed E-state index contributed by atoms with van der Waals surface area (Å²) in [6, 6.07) is 12.3. The number of hydrogen-bond acceptors (Lipinski definition) is 3. The lowest BCUT2D eigenvalue weighted by Gasteiger charge is -2.12. The van der Waals surface area contributed by atoms with Gasteiger partial charge in [0.25, 0.3) is 5.91 Å². The third-order valence-electron chi connectivity index (χ3n) is 2.75. The van der Waals surface area contributed by atoms with Crippen molar-refractivity contribution in [1.29, 1.82) is 0 Å². The number of halogens is 1. The highest BCUT2D eigenvalue weighted by molar-refractivity contribution is 6.07. The van der Waals surface area contributed by atoms with E-state index in [4.69, 9.17) is 5.73 Å². The van der Waals surface area contributed by atoms with Crippen molar-refractivity contribution in [3.05, 3.63) is 59.9 Å². The van der Waals surface area contributed by atoms with Crippen molar-refractivity contribution in [2.75, 3.05) is 17.2 Å². The molecule has 0 heterocycles. The van der Waals surface area contributed by atoms with Crippen LogP contribution in [-0.2, 0) is 4.79 Å². The van der Waals surface area contributed by atoms with E-state index in [-0.39, 0.29) is 18.0 Å². The van der Waals surface area contributed by atoms with Gasteiger partial charge in [0.15, 0.2) is 0 Å². The third kappa shape index (κ3) is 3.64. The molecule has 0 bridgehead atoms. The van der Waals surface area contributed by atoms with Gasteiger partial charge in [0.2, 0.25) is 5.91 Å². The Morgan fingerprint density at radius 1 is 0.952 bits per heavy atom. The van der Waals surface area contributed by atoms with E-state index < -0.39 is 11.7 Å². The summed E-state index contributed by atoms with van der Waals surface area (Å²) in [6.07, 6.45) is 0. The highest BCUT2D eigenvalue weighted by Gasteiger charge is 2.13. The molecule has 0 unspecified atom stereocenters. The molecule has 0 saturated heterocycles. The van der Waals surface area contributed by atoms with E-state index in [1.807, 2.05) is 0 Å². The molecule has 2 amide bonds. The number of benzene rings is 2. The zero-order chi connectivity index (χ0) is 15.2. The van der Waals surface area contributed by atoms with E-state index in [0.29, 0.717) is 11.4 Å². The first-order valence-corrected chi connectivity index (χ1v) is 6.26. The fourth-order valence-electron chi connectivity index (χ4n) is 1.74. The Morgan fingerprint density at radius 3 is 2.14 bits per heavy atom. The highest BCUT2D eigenvalue weighted by Crippen LogP contribution is 2.22. The molecule has 0 aromatic heterocycles. The van der Waals surface area contributed by atoms with Crippen LogP contribution in [0.1, 0.15) is 10.4 Å². The van der Waals surface area contributed by atoms with E-state index in [2.05, 4.69) is 10.6 Å². The number of amides is 2. The quantitative estimate of drug-likeness (QED) is 0.804. The minimum Gasteiger partial charge on any atom is -0.323 e. The van der Waals surface area contributed by atoms with Crippen LogP contribution >= 0.6 is 0 Å². The largest absolute Gasteiger partial charge is 0.323 e. The molecule has 5 nitrogen and oxygen atoms in total. The summed E-state index contributed by atoms with van der Waals surface area (Å²) in [4.78, 5) is 23.4. The Balaban J connectivity index is 2.22. The lowest BCUT2D eigenvalue weighted by atomic mass is 10.2. The van der Waals surface area contributed by atoms with Crippen LogP contribution in [0.15, 0.2) is 48.5 Å². The Morgan fingerprint density at radius 2 is 1.52 bits per heavy atom. The predicted molar refractivity (Wildman–Crippen MR) is 78.5 cm³/mol. The molecule has 0 aliphatic carbocycles. The second-order valence-corrected chi connectivity index (χ2v) is 4.23. The molecule has 108 valence electrons. The number of para-hydroxylation sites is 2. The fourth-order valence-corrected chi connectivity index (χ4v) is 1.74. The first-order chi connectivity index (χ1) is 10.1. The Hall–Kier alpha value is -2.73. The monoisotopic (exact) mass is 287 g/mol. The van der Waals surface area contributed by atoms with E-state index in [1.165, 1.54) is 18.2 Å². The SMILES string of the molecule is NCC(=O)Nc1ccccc1NC(=O)c1ccccc1F. The second-order valence-electron chi connectivity index (χ2n) is 4.23. The number of nitrogens with two attached hydrogens (primary N) is 1. The second kappa shape index (κ2) is 6.62. The summed E-state index contributed by atoms with van der Waals surface area (Å²) < 4.78 is 13.6. The van der Waals surface area contributed by atoms with Gasteiger partial charge in [-0.15, -0.1) is 0 Å². The first kappa shape index (κ1) is 14.7. The van der Waals surface area contributed by atoms with Crippen LogP contribution in [-0.4, -0.2) is 18.4 Å². The fraction of sp³-hybridized carbons (Fsp3) is 0.0667.